The van der Waals surface area contributed by atoms with Crippen LogP contribution in [-0.2, 0) is 6.54 Å². The van der Waals surface area contributed by atoms with Gasteiger partial charge in [0, 0.05) is 38.3 Å². The maximum Gasteiger partial charge on any atom is 0.276 e. The molecule has 1 saturated heterocycles. The number of piperazine rings is 1. The third-order valence-corrected chi connectivity index (χ3v) is 5.34. The molecule has 8 nitrogen and oxygen atoms in total. The van der Waals surface area contributed by atoms with Crippen LogP contribution >= 0.6 is 0 Å². The van der Waals surface area contributed by atoms with E-state index in [9.17, 15) is 9.18 Å². The summed E-state index contributed by atoms with van der Waals surface area (Å²) in [6.07, 6.45) is 1.60. The van der Waals surface area contributed by atoms with Crippen molar-refractivity contribution in [2.45, 2.75) is 27.3 Å². The molecule has 29 heavy (non-hydrogen) atoms. The molecule has 3 aromatic rings. The van der Waals surface area contributed by atoms with Gasteiger partial charge in [-0.2, -0.15) is 0 Å². The lowest BCUT2D eigenvalue weighted by atomic mass is 10.1. The van der Waals surface area contributed by atoms with E-state index in [1.54, 1.807) is 24.1 Å². The van der Waals surface area contributed by atoms with Crippen LogP contribution in [0.25, 0.3) is 5.69 Å². The highest BCUT2D eigenvalue weighted by atomic mass is 19.1. The Morgan fingerprint density at radius 3 is 2.59 bits per heavy atom. The fraction of sp³-hybridized carbons (Fsp3) is 0.400. The largest absolute Gasteiger partial charge is 0.361 e. The van der Waals surface area contributed by atoms with E-state index in [-0.39, 0.29) is 17.4 Å². The highest BCUT2D eigenvalue weighted by Crippen LogP contribution is 2.18. The molecule has 0 saturated carbocycles. The fourth-order valence-corrected chi connectivity index (χ4v) is 3.58. The molecule has 0 N–H and O–H groups in total. The van der Waals surface area contributed by atoms with Crippen molar-refractivity contribution in [1.29, 1.82) is 0 Å². The summed E-state index contributed by atoms with van der Waals surface area (Å²) in [6, 6.07) is 4.42. The maximum atomic E-state index is 13.3. The number of aromatic nitrogens is 4. The summed E-state index contributed by atoms with van der Waals surface area (Å²) in [5.74, 6) is 0.388. The van der Waals surface area contributed by atoms with Crippen LogP contribution in [0.5, 0.6) is 0 Å². The fourth-order valence-electron chi connectivity index (χ4n) is 3.58. The van der Waals surface area contributed by atoms with Crippen molar-refractivity contribution >= 4 is 5.91 Å². The second-order valence-electron chi connectivity index (χ2n) is 7.35. The molecule has 152 valence electrons. The predicted molar refractivity (Wildman–Crippen MR) is 103 cm³/mol. The zero-order valence-corrected chi connectivity index (χ0v) is 16.7. The normalized spacial score (nSPS) is 15.1. The van der Waals surface area contributed by atoms with E-state index in [4.69, 9.17) is 4.52 Å². The number of amides is 1. The monoisotopic (exact) mass is 398 g/mol. The first-order valence-corrected chi connectivity index (χ1v) is 9.54. The second kappa shape index (κ2) is 7.75. The number of benzene rings is 1. The standard InChI is InChI=1S/C20H23FN6O2/c1-13-10-16(21)4-5-19(13)27-12-18(22-24-27)20(28)26-8-6-25(7-9-26)11-17-14(2)23-29-15(17)3/h4-5,10,12H,6-9,11H2,1-3H3. The molecular weight excluding hydrogens is 375 g/mol. The van der Waals surface area contributed by atoms with E-state index in [0.29, 0.717) is 18.8 Å². The summed E-state index contributed by atoms with van der Waals surface area (Å²) in [5.41, 5.74) is 3.73. The number of carbonyl (C=O) groups excluding carboxylic acids is 1. The van der Waals surface area contributed by atoms with Crippen LogP contribution in [0.4, 0.5) is 4.39 Å². The van der Waals surface area contributed by atoms with Crippen molar-refractivity contribution in [2.75, 3.05) is 26.2 Å². The molecule has 1 aliphatic heterocycles. The minimum absolute atomic E-state index is 0.145. The Labute approximate surface area is 167 Å². The van der Waals surface area contributed by atoms with Gasteiger partial charge >= 0.3 is 0 Å². The van der Waals surface area contributed by atoms with Gasteiger partial charge in [0.2, 0.25) is 0 Å². The van der Waals surface area contributed by atoms with Gasteiger partial charge < -0.3 is 9.42 Å². The van der Waals surface area contributed by atoms with E-state index in [0.717, 1.165) is 42.2 Å². The highest BCUT2D eigenvalue weighted by molar-refractivity contribution is 5.92. The van der Waals surface area contributed by atoms with Crippen LogP contribution in [-0.4, -0.2) is 62.0 Å². The number of carbonyl (C=O) groups is 1. The third kappa shape index (κ3) is 3.91. The van der Waals surface area contributed by atoms with Gasteiger partial charge in [0.1, 0.15) is 11.6 Å². The highest BCUT2D eigenvalue weighted by Gasteiger charge is 2.25. The Kier molecular flexibility index (Phi) is 5.14. The van der Waals surface area contributed by atoms with E-state index >= 15 is 0 Å². The van der Waals surface area contributed by atoms with Crippen molar-refractivity contribution in [2.24, 2.45) is 0 Å². The van der Waals surface area contributed by atoms with Gasteiger partial charge in [-0.05, 0) is 44.5 Å². The van der Waals surface area contributed by atoms with Crippen LogP contribution in [0, 0.1) is 26.6 Å². The molecule has 3 heterocycles. The molecular formula is C20H23FN6O2. The molecule has 0 radical (unpaired) electrons. The Bertz CT molecular complexity index is 1020. The topological polar surface area (TPSA) is 80.3 Å². The number of aryl methyl sites for hydroxylation is 3. The van der Waals surface area contributed by atoms with Gasteiger partial charge in [-0.3, -0.25) is 9.69 Å². The average Bonchev–Trinajstić information content (AvgIpc) is 3.31. The maximum absolute atomic E-state index is 13.3. The molecule has 1 fully saturated rings. The molecule has 1 amide bonds. The predicted octanol–water partition coefficient (Wildman–Crippen LogP) is 2.28. The van der Waals surface area contributed by atoms with E-state index < -0.39 is 0 Å². The SMILES string of the molecule is Cc1cc(F)ccc1-n1cc(C(=O)N2CCN(Cc3c(C)noc3C)CC2)nn1. The molecule has 0 bridgehead atoms. The van der Waals surface area contributed by atoms with Crippen LogP contribution in [0.1, 0.15) is 33.1 Å². The molecule has 9 heteroatoms. The minimum Gasteiger partial charge on any atom is -0.361 e. The minimum atomic E-state index is -0.308. The van der Waals surface area contributed by atoms with Crippen molar-refractivity contribution in [3.8, 4) is 5.69 Å². The molecule has 0 aliphatic carbocycles. The molecule has 1 aromatic carbocycles. The lowest BCUT2D eigenvalue weighted by molar-refractivity contribution is 0.0621. The molecule has 0 atom stereocenters. The molecule has 2 aromatic heterocycles. The van der Waals surface area contributed by atoms with E-state index in [1.165, 1.54) is 16.8 Å². The summed E-state index contributed by atoms with van der Waals surface area (Å²) >= 11 is 0. The first kappa shape index (κ1) is 19.3. The van der Waals surface area contributed by atoms with Crippen LogP contribution < -0.4 is 0 Å². The first-order valence-electron chi connectivity index (χ1n) is 9.54. The Morgan fingerprint density at radius 1 is 1.17 bits per heavy atom. The molecule has 0 spiro atoms. The van der Waals surface area contributed by atoms with E-state index in [1.807, 2.05) is 13.8 Å². The van der Waals surface area contributed by atoms with E-state index in [2.05, 4.69) is 20.4 Å². The third-order valence-electron chi connectivity index (χ3n) is 5.34. The Morgan fingerprint density at radius 2 is 1.93 bits per heavy atom. The van der Waals surface area contributed by atoms with Crippen molar-refractivity contribution in [1.82, 2.24) is 30.0 Å². The van der Waals surface area contributed by atoms with Gasteiger partial charge in [-0.15, -0.1) is 5.10 Å². The van der Waals surface area contributed by atoms with Crippen molar-refractivity contribution in [3.63, 3.8) is 0 Å². The van der Waals surface area contributed by atoms with Gasteiger partial charge in [0.15, 0.2) is 5.69 Å². The summed E-state index contributed by atoms with van der Waals surface area (Å²) in [6.45, 7) is 9.18. The summed E-state index contributed by atoms with van der Waals surface area (Å²) < 4.78 is 20.1. The molecule has 1 aliphatic rings. The summed E-state index contributed by atoms with van der Waals surface area (Å²) in [5, 5.41) is 12.1. The quantitative estimate of drug-likeness (QED) is 0.671. The van der Waals surface area contributed by atoms with Crippen molar-refractivity contribution in [3.05, 3.63) is 58.5 Å². The van der Waals surface area contributed by atoms with Gasteiger partial charge in [0.25, 0.3) is 5.91 Å². The van der Waals surface area contributed by atoms with Crippen LogP contribution in [0.2, 0.25) is 0 Å². The van der Waals surface area contributed by atoms with Gasteiger partial charge in [-0.25, -0.2) is 9.07 Å². The number of rotatable bonds is 4. The number of hydrogen-bond donors (Lipinski definition) is 0. The van der Waals surface area contributed by atoms with Gasteiger partial charge in [-0.1, -0.05) is 10.4 Å². The molecule has 0 unspecified atom stereocenters. The first-order chi connectivity index (χ1) is 13.9. The lowest BCUT2D eigenvalue weighted by Crippen LogP contribution is -2.48. The summed E-state index contributed by atoms with van der Waals surface area (Å²) in [7, 11) is 0. The van der Waals surface area contributed by atoms with Crippen LogP contribution in [0.3, 0.4) is 0 Å². The zero-order valence-electron chi connectivity index (χ0n) is 16.7. The second-order valence-corrected chi connectivity index (χ2v) is 7.35. The van der Waals surface area contributed by atoms with Crippen molar-refractivity contribution < 1.29 is 13.7 Å². The Hall–Kier alpha value is -3.07. The van der Waals surface area contributed by atoms with Crippen LogP contribution in [0.15, 0.2) is 28.9 Å². The number of hydrogen-bond acceptors (Lipinski definition) is 6. The average molecular weight is 398 g/mol. The van der Waals surface area contributed by atoms with Gasteiger partial charge in [0.05, 0.1) is 17.6 Å². The zero-order chi connectivity index (χ0) is 20.5. The number of nitrogens with zero attached hydrogens (tertiary/aromatic N) is 6. The number of halogens is 1. The lowest BCUT2D eigenvalue weighted by Gasteiger charge is -2.34. The smallest absolute Gasteiger partial charge is 0.276 e. The Balaban J connectivity index is 1.39. The molecule has 4 rings (SSSR count). The summed E-state index contributed by atoms with van der Waals surface area (Å²) in [4.78, 5) is 16.9.